The van der Waals surface area contributed by atoms with Crippen LogP contribution < -0.4 is 10.1 Å². The fourth-order valence-electron chi connectivity index (χ4n) is 7.52. The number of hydrogen-bond acceptors (Lipinski definition) is 5. The van der Waals surface area contributed by atoms with Crippen LogP contribution in [0.2, 0.25) is 0 Å². The summed E-state index contributed by atoms with van der Waals surface area (Å²) in [7, 11) is 0. The van der Waals surface area contributed by atoms with E-state index in [0.29, 0.717) is 52.9 Å². The molecule has 0 unspecified atom stereocenters. The van der Waals surface area contributed by atoms with Crippen molar-refractivity contribution in [2.75, 3.05) is 6.54 Å². The van der Waals surface area contributed by atoms with Crippen LogP contribution >= 0.6 is 0 Å². The van der Waals surface area contributed by atoms with Gasteiger partial charge in [-0.25, -0.2) is 0 Å². The third-order valence-corrected chi connectivity index (χ3v) is 9.07. The summed E-state index contributed by atoms with van der Waals surface area (Å²) in [5.41, 5.74) is -1.81. The summed E-state index contributed by atoms with van der Waals surface area (Å²) in [6, 6.07) is 3.58. The number of carbonyl (C=O) groups is 3. The highest BCUT2D eigenvalue weighted by Gasteiger charge is 2.76. The van der Waals surface area contributed by atoms with Crippen LogP contribution in [0.5, 0.6) is 5.75 Å². The normalized spacial score (nSPS) is 33.8. The first-order valence-corrected chi connectivity index (χ1v) is 11.9. The molecular weight excluding hydrogens is 434 g/mol. The van der Waals surface area contributed by atoms with Gasteiger partial charge in [0.1, 0.15) is 16.9 Å². The lowest BCUT2D eigenvalue weighted by atomic mass is 9.51. The minimum Gasteiger partial charge on any atom is -0.483 e. The third kappa shape index (κ3) is 1.90. The molecule has 1 aliphatic carbocycles. The first-order chi connectivity index (χ1) is 16.0. The van der Waals surface area contributed by atoms with Crippen molar-refractivity contribution < 1.29 is 24.3 Å². The Hall–Kier alpha value is -3.29. The molecule has 1 aromatic carbocycles. The zero-order valence-corrected chi connectivity index (χ0v) is 19.7. The van der Waals surface area contributed by atoms with Crippen LogP contribution in [-0.4, -0.2) is 55.7 Å². The number of aromatic nitrogens is 1. The van der Waals surface area contributed by atoms with Crippen molar-refractivity contribution >= 4 is 34.6 Å². The lowest BCUT2D eigenvalue weighted by Gasteiger charge is -2.62. The smallest absolute Gasteiger partial charge is 0.257 e. The Bertz CT molecular complexity index is 1420. The van der Waals surface area contributed by atoms with Gasteiger partial charge in [-0.2, -0.15) is 4.73 Å². The van der Waals surface area contributed by atoms with Crippen molar-refractivity contribution in [1.29, 1.82) is 0 Å². The Morgan fingerprint density at radius 3 is 2.68 bits per heavy atom. The van der Waals surface area contributed by atoms with E-state index < -0.39 is 33.8 Å². The van der Waals surface area contributed by atoms with Gasteiger partial charge in [-0.3, -0.25) is 14.4 Å². The van der Waals surface area contributed by atoms with E-state index in [4.69, 9.17) is 4.74 Å². The summed E-state index contributed by atoms with van der Waals surface area (Å²) in [6.45, 7) is 8.33. The molecule has 2 bridgehead atoms. The van der Waals surface area contributed by atoms with Gasteiger partial charge in [0, 0.05) is 28.8 Å². The van der Waals surface area contributed by atoms with Crippen LogP contribution in [-0.2, 0) is 15.0 Å². The molecular formula is C26H27N3O5. The van der Waals surface area contributed by atoms with Crippen molar-refractivity contribution in [2.24, 2.45) is 5.92 Å². The number of benzene rings is 1. The largest absolute Gasteiger partial charge is 0.483 e. The van der Waals surface area contributed by atoms with Gasteiger partial charge >= 0.3 is 0 Å². The van der Waals surface area contributed by atoms with Gasteiger partial charge in [0.05, 0.1) is 16.8 Å². The number of fused-ring (bicyclic) bond motifs is 6. The minimum absolute atomic E-state index is 0.225. The summed E-state index contributed by atoms with van der Waals surface area (Å²) in [4.78, 5) is 43.2. The van der Waals surface area contributed by atoms with Gasteiger partial charge in [-0.05, 0) is 57.4 Å². The van der Waals surface area contributed by atoms with Gasteiger partial charge in [-0.15, -0.1) is 0 Å². The molecule has 4 saturated heterocycles. The molecule has 6 aliphatic rings. The minimum atomic E-state index is -1.64. The summed E-state index contributed by atoms with van der Waals surface area (Å²) in [5, 5.41) is 15.0. The molecule has 176 valence electrons. The lowest BCUT2D eigenvalue weighted by Crippen LogP contribution is -2.86. The number of nitrogens with zero attached hydrogens (tertiary/aromatic N) is 2. The highest BCUT2D eigenvalue weighted by Crippen LogP contribution is 2.60. The van der Waals surface area contributed by atoms with Gasteiger partial charge in [-0.1, -0.05) is 13.8 Å². The third-order valence-electron chi connectivity index (χ3n) is 9.07. The zero-order valence-electron chi connectivity index (χ0n) is 19.7. The summed E-state index contributed by atoms with van der Waals surface area (Å²) in [6.07, 6.45) is 5.59. The molecule has 8 nitrogen and oxygen atoms in total. The number of ether oxygens (including phenoxy) is 1. The van der Waals surface area contributed by atoms with Gasteiger partial charge in [0.2, 0.25) is 11.7 Å². The first kappa shape index (κ1) is 20.1. The van der Waals surface area contributed by atoms with E-state index in [0.717, 1.165) is 11.2 Å². The Balaban J connectivity index is 1.54. The highest BCUT2D eigenvalue weighted by atomic mass is 16.5. The molecule has 0 saturated carbocycles. The van der Waals surface area contributed by atoms with Crippen molar-refractivity contribution in [2.45, 2.75) is 69.1 Å². The Morgan fingerprint density at radius 1 is 1.15 bits per heavy atom. The zero-order chi connectivity index (χ0) is 24.0. The Kier molecular flexibility index (Phi) is 3.26. The fraction of sp³-hybridized carbons (Fsp3) is 0.500. The number of piperidine rings is 2. The molecule has 2 amide bonds. The van der Waals surface area contributed by atoms with Crippen LogP contribution in [0.4, 0.5) is 0 Å². The van der Waals surface area contributed by atoms with Crippen LogP contribution in [0.3, 0.4) is 0 Å². The van der Waals surface area contributed by atoms with Gasteiger partial charge < -0.3 is 20.2 Å². The average molecular weight is 462 g/mol. The molecule has 0 radical (unpaired) electrons. The molecule has 2 spiro atoms. The first-order valence-electron chi connectivity index (χ1n) is 11.9. The maximum absolute atomic E-state index is 14.3. The van der Waals surface area contributed by atoms with E-state index in [1.165, 1.54) is 0 Å². The summed E-state index contributed by atoms with van der Waals surface area (Å²) < 4.78 is 7.23. The molecule has 5 aliphatic heterocycles. The van der Waals surface area contributed by atoms with Crippen LogP contribution in [0.1, 0.15) is 68.6 Å². The number of hydrogen-bond donors (Lipinski definition) is 2. The quantitative estimate of drug-likeness (QED) is 0.464. The number of nitrogens with one attached hydrogen (secondary N) is 1. The number of carbonyl (C=O) groups excluding carboxylic acids is 3. The number of ketones is 1. The van der Waals surface area contributed by atoms with E-state index >= 15 is 0 Å². The predicted octanol–water partition coefficient (Wildman–Crippen LogP) is 2.79. The molecule has 3 atom stereocenters. The number of rotatable bonds is 0. The second-order valence-corrected chi connectivity index (χ2v) is 11.6. The molecule has 2 aromatic rings. The second-order valence-electron chi connectivity index (χ2n) is 11.6. The average Bonchev–Trinajstić information content (AvgIpc) is 3.33. The maximum atomic E-state index is 14.3. The number of Topliss-reactive ketones (excluding diaryl/α,β-unsaturated/α-hetero) is 1. The molecule has 6 heterocycles. The van der Waals surface area contributed by atoms with E-state index in [9.17, 15) is 19.6 Å². The van der Waals surface area contributed by atoms with E-state index in [2.05, 4.69) is 5.32 Å². The molecule has 8 rings (SSSR count). The molecule has 2 N–H and O–H groups in total. The SMILES string of the molecule is CC1(C)C=Cc2c(ccc3c4c(n(O)c23)C(C)(C)[C@@H]2C[C@]35CCCN3C(=O)[C@]2(NC5=O)C4=O)O1. The summed E-state index contributed by atoms with van der Waals surface area (Å²) >= 11 is 0. The van der Waals surface area contributed by atoms with E-state index in [1.54, 1.807) is 17.0 Å². The van der Waals surface area contributed by atoms with Crippen LogP contribution in [0, 0.1) is 5.92 Å². The maximum Gasteiger partial charge on any atom is 0.257 e. The fourth-order valence-corrected chi connectivity index (χ4v) is 7.52. The second kappa shape index (κ2) is 5.50. The summed E-state index contributed by atoms with van der Waals surface area (Å²) in [5.74, 6) is -0.792. The Labute approximate surface area is 196 Å². The number of piperazine rings is 1. The molecule has 34 heavy (non-hydrogen) atoms. The Morgan fingerprint density at radius 2 is 1.91 bits per heavy atom. The van der Waals surface area contributed by atoms with Gasteiger partial charge in [0.25, 0.3) is 5.91 Å². The van der Waals surface area contributed by atoms with E-state index in [-0.39, 0.29) is 11.8 Å². The standard InChI is InChI=1S/C26H27N3O5/c1-23(2)10-8-13-15(34-23)7-6-14-17-19(29(33)18(13)14)24(3,4)16-12-25-9-5-11-28(25)22(32)26(16,20(17)30)27-21(25)31/h6-8,10,16,33H,5,9,11-12H2,1-4H3,(H,27,31)/t16-,25-,26+/m0/s1. The molecule has 4 fully saturated rings. The van der Waals surface area contributed by atoms with Crippen molar-refractivity contribution in [3.05, 3.63) is 35.0 Å². The molecule has 1 aromatic heterocycles. The van der Waals surface area contributed by atoms with E-state index in [1.807, 2.05) is 39.8 Å². The predicted molar refractivity (Wildman–Crippen MR) is 123 cm³/mol. The monoisotopic (exact) mass is 461 g/mol. The van der Waals surface area contributed by atoms with Crippen molar-refractivity contribution in [3.63, 3.8) is 0 Å². The lowest BCUT2D eigenvalue weighted by molar-refractivity contribution is -0.174. The van der Waals surface area contributed by atoms with Crippen LogP contribution in [0.25, 0.3) is 17.0 Å². The molecule has 8 heteroatoms. The number of amides is 2. The van der Waals surface area contributed by atoms with Crippen molar-refractivity contribution in [3.8, 4) is 5.75 Å². The highest BCUT2D eigenvalue weighted by molar-refractivity contribution is 6.28. The van der Waals surface area contributed by atoms with Crippen molar-refractivity contribution in [1.82, 2.24) is 14.9 Å². The van der Waals surface area contributed by atoms with Gasteiger partial charge in [0.15, 0.2) is 5.54 Å². The van der Waals surface area contributed by atoms with Crippen LogP contribution in [0.15, 0.2) is 18.2 Å². The topological polar surface area (TPSA) is 101 Å².